The molecule has 0 aliphatic carbocycles. The van der Waals surface area contributed by atoms with E-state index in [1.165, 1.54) is 13.0 Å². The Labute approximate surface area is 178 Å². The highest BCUT2D eigenvalue weighted by Crippen LogP contribution is 2.41. The smallest absolute Gasteiger partial charge is 0.365 e. The van der Waals surface area contributed by atoms with Gasteiger partial charge in [0.2, 0.25) is 0 Å². The van der Waals surface area contributed by atoms with Crippen LogP contribution in [0.1, 0.15) is 18.2 Å². The fraction of sp³-hybridized carbons (Fsp3) is 0.250. The molecule has 2 rings (SSSR count). The molecule has 162 valence electrons. The molecule has 1 atom stereocenters. The van der Waals surface area contributed by atoms with Crippen LogP contribution in [0.3, 0.4) is 0 Å². The highest BCUT2D eigenvalue weighted by atomic mass is 35.5. The van der Waals surface area contributed by atoms with Gasteiger partial charge < -0.3 is 5.32 Å². The lowest BCUT2D eigenvalue weighted by atomic mass is 10.2. The number of nitrogens with zero attached hydrogens (tertiary/aromatic N) is 3. The Morgan fingerprint density at radius 1 is 1.27 bits per heavy atom. The lowest BCUT2D eigenvalue weighted by Crippen LogP contribution is -2.19. The molecule has 0 amide bonds. The van der Waals surface area contributed by atoms with Crippen molar-refractivity contribution >= 4 is 39.8 Å². The minimum atomic E-state index is -5.24. The highest BCUT2D eigenvalue weighted by Gasteiger charge is 2.43. The number of rotatable bonds is 5. The maximum absolute atomic E-state index is 13.1. The molecule has 30 heavy (non-hydrogen) atoms. The molecule has 0 radical (unpaired) electrons. The number of aromatic nitrogens is 2. The van der Waals surface area contributed by atoms with E-state index in [-0.39, 0.29) is 6.54 Å². The first-order valence-electron chi connectivity index (χ1n) is 7.65. The summed E-state index contributed by atoms with van der Waals surface area (Å²) in [5.41, 5.74) is -7.31. The molecular weight excluding hydrogens is 481 g/mol. The predicted octanol–water partition coefficient (Wildman–Crippen LogP) is 5.68. The molecule has 0 fully saturated rings. The van der Waals surface area contributed by atoms with Crippen molar-refractivity contribution in [3.63, 3.8) is 0 Å². The van der Waals surface area contributed by atoms with E-state index in [9.17, 15) is 35.8 Å². The van der Waals surface area contributed by atoms with E-state index in [0.717, 1.165) is 0 Å². The van der Waals surface area contributed by atoms with Gasteiger partial charge in [-0.1, -0.05) is 35.4 Å². The number of alkyl halides is 6. The lowest BCUT2D eigenvalue weighted by Gasteiger charge is -2.16. The normalized spacial score (nSPS) is 13.1. The maximum atomic E-state index is 13.1. The third-order valence-electron chi connectivity index (χ3n) is 3.46. The molecular formula is C16H10Cl2F6N4OS. The zero-order chi connectivity index (χ0) is 23.0. The van der Waals surface area contributed by atoms with E-state index in [4.69, 9.17) is 23.2 Å². The number of hydrogen-bond donors (Lipinski definition) is 1. The van der Waals surface area contributed by atoms with Crippen LogP contribution >= 0.6 is 23.2 Å². The molecule has 0 unspecified atom stereocenters. The Morgan fingerprint density at radius 3 is 2.20 bits per heavy atom. The first-order valence-corrected chi connectivity index (χ1v) is 9.55. The fourth-order valence-electron chi connectivity index (χ4n) is 2.25. The van der Waals surface area contributed by atoms with Gasteiger partial charge in [-0.2, -0.15) is 36.7 Å². The summed E-state index contributed by atoms with van der Waals surface area (Å²) in [6, 6.07) is 2.39. The van der Waals surface area contributed by atoms with Crippen LogP contribution in [-0.4, -0.2) is 26.0 Å². The summed E-state index contributed by atoms with van der Waals surface area (Å²) >= 11 is 11.8. The summed E-state index contributed by atoms with van der Waals surface area (Å²) in [6.07, 6.45) is -4.79. The zero-order valence-corrected chi connectivity index (χ0v) is 17.1. The van der Waals surface area contributed by atoms with Crippen molar-refractivity contribution in [3.05, 3.63) is 45.6 Å². The predicted molar refractivity (Wildman–Crippen MR) is 99.1 cm³/mol. The van der Waals surface area contributed by atoms with Gasteiger partial charge in [-0.25, -0.2) is 8.89 Å². The Hall–Kier alpha value is -2.23. The van der Waals surface area contributed by atoms with Crippen molar-refractivity contribution in [1.29, 1.82) is 5.26 Å². The van der Waals surface area contributed by atoms with E-state index in [1.807, 2.05) is 0 Å². The molecule has 1 heterocycles. The van der Waals surface area contributed by atoms with Gasteiger partial charge in [0.15, 0.2) is 16.5 Å². The Balaban J connectivity index is 2.84. The quantitative estimate of drug-likeness (QED) is 0.432. The Bertz CT molecular complexity index is 1050. The van der Waals surface area contributed by atoms with Crippen LogP contribution in [0.2, 0.25) is 10.0 Å². The molecule has 0 spiro atoms. The summed E-state index contributed by atoms with van der Waals surface area (Å²) in [7, 11) is -3.69. The van der Waals surface area contributed by atoms with Crippen molar-refractivity contribution in [2.75, 3.05) is 11.9 Å². The molecule has 0 aliphatic heterocycles. The van der Waals surface area contributed by atoms with E-state index >= 15 is 0 Å². The molecule has 1 aromatic carbocycles. The second-order valence-corrected chi connectivity index (χ2v) is 8.08. The van der Waals surface area contributed by atoms with Crippen molar-refractivity contribution in [2.45, 2.75) is 23.5 Å². The summed E-state index contributed by atoms with van der Waals surface area (Å²) in [5.74, 6) is -0.575. The van der Waals surface area contributed by atoms with Crippen molar-refractivity contribution in [2.24, 2.45) is 0 Å². The van der Waals surface area contributed by atoms with Crippen LogP contribution in [-0.2, 0) is 17.0 Å². The van der Waals surface area contributed by atoms with Gasteiger partial charge in [-0.05, 0) is 19.1 Å². The Kier molecular flexibility index (Phi) is 6.80. The lowest BCUT2D eigenvalue weighted by molar-refractivity contribution is -0.137. The minimum absolute atomic E-state index is 0.130. The molecule has 5 nitrogen and oxygen atoms in total. The molecule has 0 saturated heterocycles. The third-order valence-corrected chi connectivity index (χ3v) is 5.21. The number of nitriles is 1. The van der Waals surface area contributed by atoms with E-state index in [1.54, 1.807) is 0 Å². The fourth-order valence-corrected chi connectivity index (χ4v) is 3.73. The molecule has 14 heteroatoms. The van der Waals surface area contributed by atoms with E-state index in [0.29, 0.717) is 22.4 Å². The molecule has 0 saturated carbocycles. The topological polar surface area (TPSA) is 70.7 Å². The van der Waals surface area contributed by atoms with Crippen LogP contribution in [0.25, 0.3) is 5.69 Å². The number of anilines is 1. The number of nitrogens with one attached hydrogen (secondary N) is 1. The van der Waals surface area contributed by atoms with Gasteiger partial charge in [-0.15, -0.1) is 0 Å². The highest BCUT2D eigenvalue weighted by molar-refractivity contribution is 7.86. The summed E-state index contributed by atoms with van der Waals surface area (Å²) in [6.45, 7) is 4.96. The average Bonchev–Trinajstić information content (AvgIpc) is 2.95. The van der Waals surface area contributed by atoms with Crippen LogP contribution < -0.4 is 5.32 Å². The average molecular weight is 491 g/mol. The van der Waals surface area contributed by atoms with E-state index in [2.05, 4.69) is 17.0 Å². The standard InChI is InChI=1S/C16H10Cl2F6N4OS/c1-7(2)6-26-14-13(30(29)16(22,23)24)11(5-25)27-28(14)12-9(17)3-8(4-10(12)18)15(19,20)21/h3-4,26H,1,6H2,2H3/t30-/m1/s1. The monoisotopic (exact) mass is 490 g/mol. The number of hydrogen-bond acceptors (Lipinski definition) is 4. The van der Waals surface area contributed by atoms with Crippen LogP contribution in [0.4, 0.5) is 32.2 Å². The summed E-state index contributed by atoms with van der Waals surface area (Å²) < 4.78 is 90.9. The largest absolute Gasteiger partial charge is 0.476 e. The Morgan fingerprint density at radius 2 is 1.80 bits per heavy atom. The second-order valence-electron chi connectivity index (χ2n) is 5.86. The third kappa shape index (κ3) is 4.91. The van der Waals surface area contributed by atoms with Crippen molar-refractivity contribution < 1.29 is 30.6 Å². The van der Waals surface area contributed by atoms with Gasteiger partial charge in [0.1, 0.15) is 22.5 Å². The maximum Gasteiger partial charge on any atom is 0.476 e. The molecule has 2 aromatic rings. The van der Waals surface area contributed by atoms with Gasteiger partial charge in [0.25, 0.3) is 0 Å². The second kappa shape index (κ2) is 8.49. The van der Waals surface area contributed by atoms with Crippen LogP contribution in [0.5, 0.6) is 0 Å². The zero-order valence-electron chi connectivity index (χ0n) is 14.8. The molecule has 0 bridgehead atoms. The van der Waals surface area contributed by atoms with Gasteiger partial charge >= 0.3 is 11.7 Å². The van der Waals surface area contributed by atoms with Gasteiger partial charge in [0, 0.05) is 6.54 Å². The summed E-state index contributed by atoms with van der Waals surface area (Å²) in [5, 5.41) is 14.1. The first kappa shape index (κ1) is 24.0. The molecule has 1 aromatic heterocycles. The molecule has 1 N–H and O–H groups in total. The van der Waals surface area contributed by atoms with Crippen LogP contribution in [0, 0.1) is 11.3 Å². The number of benzene rings is 1. The minimum Gasteiger partial charge on any atom is -0.365 e. The molecule has 0 aliphatic rings. The van der Waals surface area contributed by atoms with E-state index < -0.39 is 60.2 Å². The first-order chi connectivity index (χ1) is 13.7. The van der Waals surface area contributed by atoms with Gasteiger partial charge in [-0.3, -0.25) is 0 Å². The van der Waals surface area contributed by atoms with Gasteiger partial charge in [0.05, 0.1) is 15.6 Å². The summed E-state index contributed by atoms with van der Waals surface area (Å²) in [4.78, 5) is -1.02. The van der Waals surface area contributed by atoms with Crippen molar-refractivity contribution in [3.8, 4) is 11.8 Å². The van der Waals surface area contributed by atoms with Crippen LogP contribution in [0.15, 0.2) is 29.2 Å². The van der Waals surface area contributed by atoms with Crippen molar-refractivity contribution in [1.82, 2.24) is 9.78 Å². The SMILES string of the molecule is C=C(C)CNc1c([S@@](=O)C(F)(F)F)c(C#N)nn1-c1c(Cl)cc(C(F)(F)F)cc1Cl. The number of halogens is 8.